The average molecular weight is 288 g/mol. The molecular weight excluding hydrogens is 276 g/mol. The van der Waals surface area contributed by atoms with E-state index < -0.39 is 5.82 Å². The van der Waals surface area contributed by atoms with E-state index in [0.29, 0.717) is 12.2 Å². The first kappa shape index (κ1) is 13.2. The number of aryl methyl sites for hydroxylation is 2. The third-order valence-corrected chi connectivity index (χ3v) is 3.17. The molecule has 0 saturated heterocycles. The molecule has 1 heterocycles. The minimum atomic E-state index is -0.451. The molecule has 0 radical (unpaired) electrons. The second-order valence-corrected chi connectivity index (χ2v) is 4.83. The third-order valence-electron chi connectivity index (χ3n) is 2.58. The molecule has 1 aromatic heterocycles. The summed E-state index contributed by atoms with van der Waals surface area (Å²) in [4.78, 5) is 0. The van der Waals surface area contributed by atoms with Crippen LogP contribution in [0, 0.1) is 12.7 Å². The van der Waals surface area contributed by atoms with Crippen LogP contribution in [0.2, 0.25) is 10.0 Å². The largest absolute Gasteiger partial charge is 0.378 e. The SMILES string of the molecule is Cc1nn(C)cc1CNc1c(Cl)cc(F)cc1Cl. The molecular formula is C12H12Cl2FN3. The second-order valence-electron chi connectivity index (χ2n) is 4.01. The van der Waals surface area contributed by atoms with Crippen LogP contribution in [0.15, 0.2) is 18.3 Å². The Morgan fingerprint density at radius 1 is 1.33 bits per heavy atom. The maximum Gasteiger partial charge on any atom is 0.126 e. The van der Waals surface area contributed by atoms with Gasteiger partial charge in [-0.3, -0.25) is 4.68 Å². The first-order chi connectivity index (χ1) is 8.47. The molecule has 2 rings (SSSR count). The number of hydrogen-bond donors (Lipinski definition) is 1. The van der Waals surface area contributed by atoms with Crippen LogP contribution < -0.4 is 5.32 Å². The fraction of sp³-hybridized carbons (Fsp3) is 0.250. The minimum Gasteiger partial charge on any atom is -0.378 e. The van der Waals surface area contributed by atoms with E-state index >= 15 is 0 Å². The smallest absolute Gasteiger partial charge is 0.126 e. The van der Waals surface area contributed by atoms with Crippen molar-refractivity contribution in [1.82, 2.24) is 9.78 Å². The summed E-state index contributed by atoms with van der Waals surface area (Å²) < 4.78 is 14.8. The van der Waals surface area contributed by atoms with Gasteiger partial charge in [0.05, 0.1) is 21.4 Å². The molecule has 3 nitrogen and oxygen atoms in total. The van der Waals surface area contributed by atoms with E-state index in [2.05, 4.69) is 10.4 Å². The first-order valence-corrected chi connectivity index (χ1v) is 6.10. The zero-order chi connectivity index (χ0) is 13.3. The van der Waals surface area contributed by atoms with E-state index in [1.807, 2.05) is 20.2 Å². The summed E-state index contributed by atoms with van der Waals surface area (Å²) in [5.41, 5.74) is 2.50. The van der Waals surface area contributed by atoms with Crippen LogP contribution in [-0.2, 0) is 13.6 Å². The summed E-state index contributed by atoms with van der Waals surface area (Å²) in [6, 6.07) is 2.46. The maximum absolute atomic E-state index is 13.0. The van der Waals surface area contributed by atoms with Crippen molar-refractivity contribution in [3.63, 3.8) is 0 Å². The lowest BCUT2D eigenvalue weighted by atomic mass is 10.2. The molecule has 1 N–H and O–H groups in total. The lowest BCUT2D eigenvalue weighted by Crippen LogP contribution is -2.01. The summed E-state index contributed by atoms with van der Waals surface area (Å²) in [5, 5.41) is 7.86. The number of aromatic nitrogens is 2. The van der Waals surface area contributed by atoms with E-state index in [1.165, 1.54) is 12.1 Å². The highest BCUT2D eigenvalue weighted by molar-refractivity contribution is 6.39. The van der Waals surface area contributed by atoms with E-state index in [0.717, 1.165) is 11.3 Å². The highest BCUT2D eigenvalue weighted by atomic mass is 35.5. The van der Waals surface area contributed by atoms with Crippen LogP contribution in [0.5, 0.6) is 0 Å². The number of rotatable bonds is 3. The molecule has 0 saturated carbocycles. The van der Waals surface area contributed by atoms with Crippen molar-refractivity contribution in [1.29, 1.82) is 0 Å². The number of nitrogens with zero attached hydrogens (tertiary/aromatic N) is 2. The Morgan fingerprint density at radius 3 is 2.44 bits per heavy atom. The van der Waals surface area contributed by atoms with Gasteiger partial charge in [0.1, 0.15) is 5.82 Å². The van der Waals surface area contributed by atoms with Gasteiger partial charge in [0.15, 0.2) is 0 Å². The summed E-state index contributed by atoms with van der Waals surface area (Å²) >= 11 is 11.9. The molecule has 0 atom stereocenters. The summed E-state index contributed by atoms with van der Waals surface area (Å²) in [6.45, 7) is 2.45. The van der Waals surface area contributed by atoms with Crippen molar-refractivity contribution < 1.29 is 4.39 Å². The van der Waals surface area contributed by atoms with Crippen LogP contribution >= 0.6 is 23.2 Å². The van der Waals surface area contributed by atoms with Gasteiger partial charge < -0.3 is 5.32 Å². The molecule has 1 aromatic carbocycles. The number of nitrogens with one attached hydrogen (secondary N) is 1. The number of benzene rings is 1. The van der Waals surface area contributed by atoms with Crippen LogP contribution in [0.3, 0.4) is 0 Å². The number of anilines is 1. The Hall–Kier alpha value is -1.26. The number of hydrogen-bond acceptors (Lipinski definition) is 2. The van der Waals surface area contributed by atoms with Gasteiger partial charge in [0.25, 0.3) is 0 Å². The average Bonchev–Trinajstić information content (AvgIpc) is 2.55. The van der Waals surface area contributed by atoms with Gasteiger partial charge in [-0.05, 0) is 19.1 Å². The van der Waals surface area contributed by atoms with Crippen LogP contribution in [0.4, 0.5) is 10.1 Å². The third kappa shape index (κ3) is 2.76. The predicted molar refractivity (Wildman–Crippen MR) is 71.7 cm³/mol. The Balaban J connectivity index is 2.18. The van der Waals surface area contributed by atoms with Crippen molar-refractivity contribution in [2.24, 2.45) is 7.05 Å². The van der Waals surface area contributed by atoms with E-state index in [9.17, 15) is 4.39 Å². The van der Waals surface area contributed by atoms with Crippen LogP contribution in [0.25, 0.3) is 0 Å². The van der Waals surface area contributed by atoms with Gasteiger partial charge in [0, 0.05) is 25.4 Å². The van der Waals surface area contributed by atoms with E-state index in [-0.39, 0.29) is 10.0 Å². The second kappa shape index (κ2) is 5.16. The molecule has 0 fully saturated rings. The molecule has 0 aliphatic rings. The predicted octanol–water partition coefficient (Wildman–Crippen LogP) is 3.79. The highest BCUT2D eigenvalue weighted by Gasteiger charge is 2.09. The molecule has 0 aliphatic heterocycles. The highest BCUT2D eigenvalue weighted by Crippen LogP contribution is 2.31. The molecule has 6 heteroatoms. The van der Waals surface area contributed by atoms with Gasteiger partial charge >= 0.3 is 0 Å². The summed E-state index contributed by atoms with van der Waals surface area (Å²) in [5.74, 6) is -0.451. The fourth-order valence-corrected chi connectivity index (χ4v) is 2.31. The fourth-order valence-electron chi connectivity index (χ4n) is 1.72. The lowest BCUT2D eigenvalue weighted by molar-refractivity contribution is 0.628. The molecule has 2 aromatic rings. The lowest BCUT2D eigenvalue weighted by Gasteiger charge is -2.10. The first-order valence-electron chi connectivity index (χ1n) is 5.35. The van der Waals surface area contributed by atoms with Gasteiger partial charge in [0.2, 0.25) is 0 Å². The molecule has 0 spiro atoms. The standard InChI is InChI=1S/C12H12Cl2FN3/c1-7-8(6-18(2)17-7)5-16-12-10(13)3-9(15)4-11(12)14/h3-4,6,16H,5H2,1-2H3. The zero-order valence-corrected chi connectivity index (χ0v) is 11.5. The van der Waals surface area contributed by atoms with E-state index in [1.54, 1.807) is 4.68 Å². The molecule has 18 heavy (non-hydrogen) atoms. The molecule has 0 aliphatic carbocycles. The van der Waals surface area contributed by atoms with Crippen molar-refractivity contribution in [3.8, 4) is 0 Å². The van der Waals surface area contributed by atoms with Crippen molar-refractivity contribution in [3.05, 3.63) is 45.4 Å². The molecule has 0 bridgehead atoms. The quantitative estimate of drug-likeness (QED) is 0.931. The molecule has 0 amide bonds. The van der Waals surface area contributed by atoms with Crippen LogP contribution in [0.1, 0.15) is 11.3 Å². The van der Waals surface area contributed by atoms with Gasteiger partial charge in [-0.2, -0.15) is 5.10 Å². The van der Waals surface area contributed by atoms with E-state index in [4.69, 9.17) is 23.2 Å². The van der Waals surface area contributed by atoms with Crippen molar-refractivity contribution >= 4 is 28.9 Å². The van der Waals surface area contributed by atoms with Gasteiger partial charge in [-0.25, -0.2) is 4.39 Å². The van der Waals surface area contributed by atoms with Crippen molar-refractivity contribution in [2.75, 3.05) is 5.32 Å². The Labute approximate surface area is 115 Å². The maximum atomic E-state index is 13.0. The Kier molecular flexibility index (Phi) is 3.78. The number of halogens is 3. The van der Waals surface area contributed by atoms with Crippen molar-refractivity contribution in [2.45, 2.75) is 13.5 Å². The van der Waals surface area contributed by atoms with Gasteiger partial charge in [-0.15, -0.1) is 0 Å². The molecule has 96 valence electrons. The van der Waals surface area contributed by atoms with Gasteiger partial charge in [-0.1, -0.05) is 23.2 Å². The molecule has 0 unspecified atom stereocenters. The zero-order valence-electron chi connectivity index (χ0n) is 9.97. The normalized spacial score (nSPS) is 10.7. The summed E-state index contributed by atoms with van der Waals surface area (Å²) in [6.07, 6.45) is 1.91. The van der Waals surface area contributed by atoms with Crippen LogP contribution in [-0.4, -0.2) is 9.78 Å². The topological polar surface area (TPSA) is 29.9 Å². The monoisotopic (exact) mass is 287 g/mol. The minimum absolute atomic E-state index is 0.265. The summed E-state index contributed by atoms with van der Waals surface area (Å²) in [7, 11) is 1.86. The Bertz CT molecular complexity index is 558. The Morgan fingerprint density at radius 2 is 1.94 bits per heavy atom.